The van der Waals surface area contributed by atoms with Gasteiger partial charge in [-0.15, -0.1) is 0 Å². The summed E-state index contributed by atoms with van der Waals surface area (Å²) in [7, 11) is 0. The summed E-state index contributed by atoms with van der Waals surface area (Å²) in [4.78, 5) is 14.3. The summed E-state index contributed by atoms with van der Waals surface area (Å²) in [6.07, 6.45) is 3.88. The fourth-order valence-corrected chi connectivity index (χ4v) is 3.09. The summed E-state index contributed by atoms with van der Waals surface area (Å²) in [5.74, 6) is 1.53. The van der Waals surface area contributed by atoms with Gasteiger partial charge in [0.15, 0.2) is 0 Å². The molecule has 3 nitrogen and oxygen atoms in total. The standard InChI is InChI=1S/C15H21NO2S/c1-19-11-13-3-2-4-14(9-13)15(18)16-7-5-12(10-16)6-8-17/h2-4,9,12,17H,5-8,10-11H2,1H3. The van der Waals surface area contributed by atoms with Gasteiger partial charge in [-0.3, -0.25) is 4.79 Å². The second-order valence-electron chi connectivity index (χ2n) is 5.05. The molecule has 1 atom stereocenters. The summed E-state index contributed by atoms with van der Waals surface area (Å²) >= 11 is 1.76. The fraction of sp³-hybridized carbons (Fsp3) is 0.533. The minimum absolute atomic E-state index is 0.128. The SMILES string of the molecule is CSCc1cccc(C(=O)N2CCC(CCO)C2)c1. The lowest BCUT2D eigenvalue weighted by Crippen LogP contribution is -2.28. The van der Waals surface area contributed by atoms with Crippen molar-refractivity contribution in [3.05, 3.63) is 35.4 Å². The second-order valence-corrected chi connectivity index (χ2v) is 5.92. The van der Waals surface area contributed by atoms with Crippen molar-refractivity contribution in [3.8, 4) is 0 Å². The third-order valence-electron chi connectivity index (χ3n) is 3.60. The zero-order chi connectivity index (χ0) is 13.7. The van der Waals surface area contributed by atoms with Gasteiger partial charge in [-0.05, 0) is 42.7 Å². The predicted octanol–water partition coefficient (Wildman–Crippen LogP) is 2.39. The van der Waals surface area contributed by atoms with E-state index < -0.39 is 0 Å². The number of hydrogen-bond donors (Lipinski definition) is 1. The minimum atomic E-state index is 0.128. The fourth-order valence-electron chi connectivity index (χ4n) is 2.58. The molecule has 1 N–H and O–H groups in total. The maximum atomic E-state index is 12.4. The number of carbonyl (C=O) groups is 1. The van der Waals surface area contributed by atoms with Crippen LogP contribution in [0.3, 0.4) is 0 Å². The minimum Gasteiger partial charge on any atom is -0.396 e. The molecule has 1 aliphatic heterocycles. The molecule has 0 bridgehead atoms. The van der Waals surface area contributed by atoms with Gasteiger partial charge >= 0.3 is 0 Å². The molecule has 1 fully saturated rings. The van der Waals surface area contributed by atoms with E-state index in [0.717, 1.165) is 37.2 Å². The van der Waals surface area contributed by atoms with Gasteiger partial charge in [0.05, 0.1) is 0 Å². The summed E-state index contributed by atoms with van der Waals surface area (Å²) in [6, 6.07) is 7.91. The number of hydrogen-bond acceptors (Lipinski definition) is 3. The highest BCUT2D eigenvalue weighted by molar-refractivity contribution is 7.97. The molecule has 0 radical (unpaired) electrons. The van der Waals surface area contributed by atoms with Crippen molar-refractivity contribution in [2.24, 2.45) is 5.92 Å². The van der Waals surface area contributed by atoms with Crippen molar-refractivity contribution >= 4 is 17.7 Å². The molecule has 0 aromatic heterocycles. The predicted molar refractivity (Wildman–Crippen MR) is 79.4 cm³/mol. The summed E-state index contributed by atoms with van der Waals surface area (Å²) in [6.45, 7) is 1.82. The van der Waals surface area contributed by atoms with E-state index in [1.165, 1.54) is 5.56 Å². The van der Waals surface area contributed by atoms with Crippen molar-refractivity contribution in [3.63, 3.8) is 0 Å². The van der Waals surface area contributed by atoms with Crippen LogP contribution < -0.4 is 0 Å². The number of benzene rings is 1. The molecule has 4 heteroatoms. The van der Waals surface area contributed by atoms with Crippen molar-refractivity contribution in [1.82, 2.24) is 4.90 Å². The quantitative estimate of drug-likeness (QED) is 0.899. The van der Waals surface area contributed by atoms with Crippen LogP contribution in [0.2, 0.25) is 0 Å². The summed E-state index contributed by atoms with van der Waals surface area (Å²) in [5.41, 5.74) is 1.99. The molecule has 0 spiro atoms. The van der Waals surface area contributed by atoms with E-state index in [0.29, 0.717) is 5.92 Å². The van der Waals surface area contributed by atoms with E-state index in [-0.39, 0.29) is 12.5 Å². The lowest BCUT2D eigenvalue weighted by molar-refractivity contribution is 0.0784. The van der Waals surface area contributed by atoms with Crippen LogP contribution >= 0.6 is 11.8 Å². The van der Waals surface area contributed by atoms with Gasteiger partial charge in [0.1, 0.15) is 0 Å². The van der Waals surface area contributed by atoms with Crippen LogP contribution in [0, 0.1) is 5.92 Å². The van der Waals surface area contributed by atoms with Gasteiger partial charge in [0.2, 0.25) is 0 Å². The zero-order valence-electron chi connectivity index (χ0n) is 11.3. The first kappa shape index (κ1) is 14.4. The number of amides is 1. The van der Waals surface area contributed by atoms with Crippen LogP contribution in [0.4, 0.5) is 0 Å². The molecule has 1 amide bonds. The molecule has 19 heavy (non-hydrogen) atoms. The van der Waals surface area contributed by atoms with Gasteiger partial charge in [0, 0.05) is 31.0 Å². The maximum Gasteiger partial charge on any atom is 0.253 e. The van der Waals surface area contributed by atoms with Crippen molar-refractivity contribution in [2.75, 3.05) is 26.0 Å². The first-order valence-corrected chi connectivity index (χ1v) is 8.12. The Morgan fingerprint density at radius 2 is 2.37 bits per heavy atom. The highest BCUT2D eigenvalue weighted by Gasteiger charge is 2.26. The molecule has 1 unspecified atom stereocenters. The van der Waals surface area contributed by atoms with Gasteiger partial charge in [-0.2, -0.15) is 11.8 Å². The van der Waals surface area contributed by atoms with Crippen LogP contribution in [0.15, 0.2) is 24.3 Å². The lowest BCUT2D eigenvalue weighted by Gasteiger charge is -2.17. The van der Waals surface area contributed by atoms with E-state index in [1.54, 1.807) is 11.8 Å². The van der Waals surface area contributed by atoms with Crippen LogP contribution in [0.1, 0.15) is 28.8 Å². The van der Waals surface area contributed by atoms with E-state index in [4.69, 9.17) is 5.11 Å². The molecule has 1 aromatic carbocycles. The smallest absolute Gasteiger partial charge is 0.253 e. The van der Waals surface area contributed by atoms with Crippen molar-refractivity contribution in [1.29, 1.82) is 0 Å². The summed E-state index contributed by atoms with van der Waals surface area (Å²) < 4.78 is 0. The number of rotatable bonds is 5. The maximum absolute atomic E-state index is 12.4. The Kier molecular flexibility index (Phi) is 5.28. The largest absolute Gasteiger partial charge is 0.396 e. The Morgan fingerprint density at radius 1 is 1.53 bits per heavy atom. The Hall–Kier alpha value is -1.00. The van der Waals surface area contributed by atoms with Gasteiger partial charge in [-0.1, -0.05) is 12.1 Å². The molecular weight excluding hydrogens is 258 g/mol. The average molecular weight is 279 g/mol. The molecule has 104 valence electrons. The van der Waals surface area contributed by atoms with E-state index >= 15 is 0 Å². The number of aliphatic hydroxyl groups excluding tert-OH is 1. The number of thioether (sulfide) groups is 1. The molecular formula is C15H21NO2S. The third kappa shape index (κ3) is 3.74. The number of likely N-dealkylation sites (tertiary alicyclic amines) is 1. The van der Waals surface area contributed by atoms with E-state index in [9.17, 15) is 4.79 Å². The average Bonchev–Trinajstić information content (AvgIpc) is 2.88. The van der Waals surface area contributed by atoms with E-state index in [1.807, 2.05) is 23.1 Å². The molecule has 1 heterocycles. The van der Waals surface area contributed by atoms with Gasteiger partial charge in [0.25, 0.3) is 5.91 Å². The Bertz CT molecular complexity index is 436. The molecule has 1 aromatic rings. The van der Waals surface area contributed by atoms with Crippen LogP contribution in [-0.2, 0) is 5.75 Å². The first-order valence-electron chi connectivity index (χ1n) is 6.72. The lowest BCUT2D eigenvalue weighted by atomic mass is 10.1. The summed E-state index contributed by atoms with van der Waals surface area (Å²) in [5, 5.41) is 8.96. The molecule has 2 rings (SSSR count). The molecule has 0 saturated carbocycles. The van der Waals surface area contributed by atoms with Gasteiger partial charge in [-0.25, -0.2) is 0 Å². The highest BCUT2D eigenvalue weighted by Crippen LogP contribution is 2.22. The second kappa shape index (κ2) is 6.96. The molecule has 0 aliphatic carbocycles. The Labute approximate surface area is 119 Å². The first-order chi connectivity index (χ1) is 9.24. The van der Waals surface area contributed by atoms with Crippen LogP contribution in [0.25, 0.3) is 0 Å². The zero-order valence-corrected chi connectivity index (χ0v) is 12.2. The molecule has 1 aliphatic rings. The highest BCUT2D eigenvalue weighted by atomic mass is 32.2. The normalized spacial score (nSPS) is 18.8. The Morgan fingerprint density at radius 3 is 3.11 bits per heavy atom. The Balaban J connectivity index is 2.01. The van der Waals surface area contributed by atoms with Crippen molar-refractivity contribution in [2.45, 2.75) is 18.6 Å². The van der Waals surface area contributed by atoms with Crippen molar-refractivity contribution < 1.29 is 9.90 Å². The molecule has 1 saturated heterocycles. The third-order valence-corrected chi connectivity index (χ3v) is 4.22. The number of aliphatic hydroxyl groups is 1. The van der Waals surface area contributed by atoms with Crippen LogP contribution in [0.5, 0.6) is 0 Å². The van der Waals surface area contributed by atoms with Gasteiger partial charge < -0.3 is 10.0 Å². The van der Waals surface area contributed by atoms with E-state index in [2.05, 4.69) is 12.3 Å². The monoisotopic (exact) mass is 279 g/mol. The number of nitrogens with zero attached hydrogens (tertiary/aromatic N) is 1. The van der Waals surface area contributed by atoms with Crippen LogP contribution in [-0.4, -0.2) is 41.9 Å². The topological polar surface area (TPSA) is 40.5 Å². The number of carbonyl (C=O) groups excluding carboxylic acids is 1.